The summed E-state index contributed by atoms with van der Waals surface area (Å²) in [4.78, 5) is 0. The van der Waals surface area contributed by atoms with Gasteiger partial charge in [0.05, 0.1) is 33.4 Å². The third-order valence-electron chi connectivity index (χ3n) is 10.5. The Balaban J connectivity index is 1.10. The lowest BCUT2D eigenvalue weighted by Crippen LogP contribution is -2.27. The predicted molar refractivity (Wildman–Crippen MR) is 234 cm³/mol. The first kappa shape index (κ1) is 33.9. The van der Waals surface area contributed by atoms with Crippen LogP contribution in [-0.4, -0.2) is 0 Å². The lowest BCUT2D eigenvalue weighted by Gasteiger charge is -2.33. The number of anilines is 8. The molecule has 0 N–H and O–H groups in total. The highest BCUT2D eigenvalue weighted by atomic mass is 31.2. The number of fused-ring (bicyclic) bond motifs is 2. The second-order valence-corrected chi connectivity index (χ2v) is 18.6. The van der Waals surface area contributed by atoms with E-state index in [0.29, 0.717) is 10.6 Å². The molecule has 0 fully saturated rings. The van der Waals surface area contributed by atoms with E-state index in [4.69, 9.17) is 0 Å². The molecule has 0 aromatic heterocycles. The molecule has 0 bridgehead atoms. The fourth-order valence-electron chi connectivity index (χ4n) is 8.04. The highest BCUT2D eigenvalue weighted by Crippen LogP contribution is 2.71. The molecule has 0 radical (unpaired) electrons. The van der Waals surface area contributed by atoms with Crippen LogP contribution in [0.15, 0.2) is 218 Å². The minimum absolute atomic E-state index is 0.700. The van der Waals surface area contributed by atoms with E-state index < -0.39 is 14.9 Å². The number of hydrogen-bond acceptors (Lipinski definition) is 2. The molecule has 0 amide bonds. The normalized spacial score (nSPS) is 15.1. The average Bonchev–Trinajstić information content (AvgIpc) is 3.71. The highest BCUT2D eigenvalue weighted by Gasteiger charge is 2.50. The Kier molecular flexibility index (Phi) is 8.26. The Labute approximate surface area is 327 Å². The SMILES string of the molecule is O=P1(c2ccc(-c3cccc(P4(=O)N(c5ccccc5)c5ccccc5N4c4ccccc4)c3)cc2)N(c2ccccc2)c2ccccc2N1c1ccccc1. The average molecular weight is 763 g/mol. The molecule has 2 aliphatic heterocycles. The molecule has 0 unspecified atom stereocenters. The van der Waals surface area contributed by atoms with Gasteiger partial charge in [0.25, 0.3) is 0 Å². The van der Waals surface area contributed by atoms with Crippen LogP contribution in [0.4, 0.5) is 45.5 Å². The van der Waals surface area contributed by atoms with Gasteiger partial charge >= 0.3 is 14.9 Å². The summed E-state index contributed by atoms with van der Waals surface area (Å²) < 4.78 is 40.4. The third kappa shape index (κ3) is 5.26. The van der Waals surface area contributed by atoms with Gasteiger partial charge in [-0.2, -0.15) is 0 Å². The van der Waals surface area contributed by atoms with Gasteiger partial charge in [0.1, 0.15) is 0 Å². The van der Waals surface area contributed by atoms with Crippen LogP contribution in [0, 0.1) is 0 Å². The summed E-state index contributed by atoms with van der Waals surface area (Å²) in [5, 5.41) is 1.40. The van der Waals surface area contributed by atoms with Crippen LogP contribution in [0.5, 0.6) is 0 Å². The zero-order chi connectivity index (χ0) is 37.7. The van der Waals surface area contributed by atoms with Crippen LogP contribution in [0.1, 0.15) is 0 Å². The van der Waals surface area contributed by atoms with Gasteiger partial charge in [-0.15, -0.1) is 0 Å². The van der Waals surface area contributed by atoms with Gasteiger partial charge in [0.15, 0.2) is 0 Å². The van der Waals surface area contributed by atoms with Gasteiger partial charge < -0.3 is 0 Å². The van der Waals surface area contributed by atoms with Crippen LogP contribution >= 0.6 is 14.9 Å². The minimum atomic E-state index is -3.56. The minimum Gasteiger partial charge on any atom is -0.270 e. The maximum absolute atomic E-state index is 16.2. The molecule has 8 aromatic rings. The molecule has 0 saturated heterocycles. The number of rotatable bonds is 7. The number of benzene rings is 8. The Hall–Kier alpha value is -6.58. The second-order valence-electron chi connectivity index (χ2n) is 13.8. The summed E-state index contributed by atoms with van der Waals surface area (Å²) in [5.41, 5.74) is 8.79. The van der Waals surface area contributed by atoms with Crippen LogP contribution in [0.2, 0.25) is 0 Å². The van der Waals surface area contributed by atoms with Crippen molar-refractivity contribution < 1.29 is 9.13 Å². The molecule has 0 aliphatic carbocycles. The van der Waals surface area contributed by atoms with Crippen LogP contribution in [0.3, 0.4) is 0 Å². The summed E-state index contributed by atoms with van der Waals surface area (Å²) in [5.74, 6) is 0. The van der Waals surface area contributed by atoms with Gasteiger partial charge in [-0.05, 0) is 108 Å². The van der Waals surface area contributed by atoms with E-state index in [1.54, 1.807) is 0 Å². The Morgan fingerprint density at radius 3 is 0.946 bits per heavy atom. The van der Waals surface area contributed by atoms with Crippen LogP contribution < -0.4 is 29.3 Å². The molecule has 0 saturated carbocycles. The number of hydrogen-bond donors (Lipinski definition) is 0. The molecule has 2 aliphatic rings. The van der Waals surface area contributed by atoms with Gasteiger partial charge in [-0.25, -0.2) is 0 Å². The first-order chi connectivity index (χ1) is 27.6. The fourth-order valence-corrected chi connectivity index (χ4v) is 14.1. The van der Waals surface area contributed by atoms with E-state index >= 15 is 9.13 Å². The number of para-hydroxylation sites is 8. The van der Waals surface area contributed by atoms with E-state index in [1.165, 1.54) is 0 Å². The van der Waals surface area contributed by atoms with E-state index in [-0.39, 0.29) is 0 Å². The highest BCUT2D eigenvalue weighted by molar-refractivity contribution is 7.76. The van der Waals surface area contributed by atoms with Crippen molar-refractivity contribution in [1.29, 1.82) is 0 Å². The van der Waals surface area contributed by atoms with E-state index in [0.717, 1.165) is 56.6 Å². The smallest absolute Gasteiger partial charge is 0.270 e. The largest absolute Gasteiger partial charge is 0.301 e. The third-order valence-corrected chi connectivity index (χ3v) is 16.4. The van der Waals surface area contributed by atoms with E-state index in [1.807, 2.05) is 237 Å². The first-order valence-electron chi connectivity index (χ1n) is 18.6. The Morgan fingerprint density at radius 2 is 0.589 bits per heavy atom. The van der Waals surface area contributed by atoms with Crippen molar-refractivity contribution in [2.24, 2.45) is 0 Å². The van der Waals surface area contributed by atoms with Crippen molar-refractivity contribution in [3.05, 3.63) is 218 Å². The van der Waals surface area contributed by atoms with Crippen molar-refractivity contribution in [1.82, 2.24) is 0 Å². The summed E-state index contributed by atoms with van der Waals surface area (Å²) in [6, 6.07) is 72.1. The van der Waals surface area contributed by atoms with Crippen molar-refractivity contribution >= 4 is 71.0 Å². The quantitative estimate of drug-likeness (QED) is 0.151. The predicted octanol–water partition coefficient (Wildman–Crippen LogP) is 13.0. The van der Waals surface area contributed by atoms with Crippen molar-refractivity contribution in [3.8, 4) is 11.1 Å². The molecule has 6 nitrogen and oxygen atoms in total. The molecule has 56 heavy (non-hydrogen) atoms. The maximum Gasteiger partial charge on any atom is 0.301 e. The van der Waals surface area contributed by atoms with Gasteiger partial charge in [-0.3, -0.25) is 27.8 Å². The van der Waals surface area contributed by atoms with Crippen LogP contribution in [0.25, 0.3) is 11.1 Å². The molecule has 0 spiro atoms. The molecule has 0 atom stereocenters. The van der Waals surface area contributed by atoms with E-state index in [9.17, 15) is 0 Å². The fraction of sp³-hybridized carbons (Fsp3) is 0. The first-order valence-corrected chi connectivity index (χ1v) is 21.8. The summed E-state index contributed by atoms with van der Waals surface area (Å²) in [6.45, 7) is 0. The summed E-state index contributed by atoms with van der Waals surface area (Å²) >= 11 is 0. The Morgan fingerprint density at radius 1 is 0.268 bits per heavy atom. The van der Waals surface area contributed by atoms with E-state index in [2.05, 4.69) is 0 Å². The topological polar surface area (TPSA) is 47.1 Å². The molecule has 10 rings (SSSR count). The van der Waals surface area contributed by atoms with Crippen molar-refractivity contribution in [2.45, 2.75) is 0 Å². The molecular weight excluding hydrogens is 727 g/mol. The van der Waals surface area contributed by atoms with Crippen molar-refractivity contribution in [3.63, 3.8) is 0 Å². The zero-order valence-electron chi connectivity index (χ0n) is 30.3. The molecule has 8 aromatic carbocycles. The maximum atomic E-state index is 16.2. The standard InChI is InChI=1S/C48H36N4O2P2/c53-55(49(39-19-5-1-6-20-39)45-28-13-14-29-46(45)50(55)40-21-7-2-8-22-40)43-34-32-37(33-35-43)38-18-17-27-44(36-38)56(54)51(41-23-9-3-10-24-41)47-30-15-16-31-48(47)52(56)42-25-11-4-12-26-42/h1-36H. The second kappa shape index (κ2) is 13.6. The lowest BCUT2D eigenvalue weighted by molar-refractivity contribution is 0.581. The molecule has 2 heterocycles. The molecule has 8 heteroatoms. The number of nitrogens with zero attached hydrogens (tertiary/aromatic N) is 4. The summed E-state index contributed by atoms with van der Waals surface area (Å²) in [7, 11) is -7.09. The summed E-state index contributed by atoms with van der Waals surface area (Å²) in [6.07, 6.45) is 0. The lowest BCUT2D eigenvalue weighted by atomic mass is 10.1. The van der Waals surface area contributed by atoms with Gasteiger partial charge in [0, 0.05) is 22.7 Å². The molecular formula is C48H36N4O2P2. The Bertz CT molecular complexity index is 2640. The van der Waals surface area contributed by atoms with Gasteiger partial charge in [-0.1, -0.05) is 121 Å². The molecule has 270 valence electrons. The van der Waals surface area contributed by atoms with Crippen molar-refractivity contribution in [2.75, 3.05) is 18.7 Å². The van der Waals surface area contributed by atoms with Crippen LogP contribution in [-0.2, 0) is 9.13 Å². The van der Waals surface area contributed by atoms with Gasteiger partial charge in [0.2, 0.25) is 0 Å². The zero-order valence-corrected chi connectivity index (χ0v) is 32.1. The monoisotopic (exact) mass is 762 g/mol.